The number of halogens is 10. The first-order chi connectivity index (χ1) is 57.0. The van der Waals surface area contributed by atoms with Gasteiger partial charge in [0.1, 0.15) is 29.5 Å². The summed E-state index contributed by atoms with van der Waals surface area (Å²) < 4.78 is 118. The van der Waals surface area contributed by atoms with Crippen molar-refractivity contribution in [2.75, 3.05) is 0 Å². The smallest absolute Gasteiger partial charge is 0.508 e. The molecule has 634 valence electrons. The molecule has 121 heavy (non-hydrogen) atoms. The number of aromatic nitrogens is 6. The zero-order chi connectivity index (χ0) is 90.6. The van der Waals surface area contributed by atoms with Gasteiger partial charge in [-0.25, -0.2) is 37.1 Å². The van der Waals surface area contributed by atoms with Crippen molar-refractivity contribution in [3.63, 3.8) is 0 Å². The van der Waals surface area contributed by atoms with E-state index >= 15 is 0 Å². The molecule has 14 rings (SSSR count). The highest BCUT2D eigenvalue weighted by Crippen LogP contribution is 2.23. The summed E-state index contributed by atoms with van der Waals surface area (Å²) in [5, 5.41) is 49.2. The van der Waals surface area contributed by atoms with Crippen molar-refractivity contribution >= 4 is 61.2 Å². The number of ether oxygens (including phenoxy) is 1. The van der Waals surface area contributed by atoms with Crippen LogP contribution in [0.4, 0.5) is 30.7 Å². The van der Waals surface area contributed by atoms with E-state index in [0.29, 0.717) is 27.7 Å². The monoisotopic (exact) mass is 1780 g/mol. The van der Waals surface area contributed by atoms with Crippen LogP contribution in [-0.2, 0) is 10.1 Å². The van der Waals surface area contributed by atoms with Crippen molar-refractivity contribution in [3.8, 4) is 29.0 Å². The lowest BCUT2D eigenvalue weighted by Gasteiger charge is -2.08. The Morgan fingerprint density at radius 1 is 0.471 bits per heavy atom. The highest BCUT2D eigenvalue weighted by Gasteiger charge is 2.31. The number of carboxylic acids is 2. The number of hydrogen-bond donors (Lipinski definition) is 5. The fourth-order valence-corrected chi connectivity index (χ4v) is 9.49. The third-order valence-corrected chi connectivity index (χ3v) is 17.1. The van der Waals surface area contributed by atoms with Crippen molar-refractivity contribution in [2.45, 2.75) is 101 Å². The Bertz CT molecular complexity index is 5230. The molecule has 14 aromatic rings. The largest absolute Gasteiger partial charge is 0.573 e. The van der Waals surface area contributed by atoms with Gasteiger partial charge in [-0.3, -0.25) is 4.55 Å². The van der Waals surface area contributed by atoms with Gasteiger partial charge < -0.3 is 20.1 Å². The zero-order valence-corrected chi connectivity index (χ0v) is 72.4. The summed E-state index contributed by atoms with van der Waals surface area (Å²) in [4.78, 5) is 28.2. The predicted molar refractivity (Wildman–Crippen MR) is 468 cm³/mol. The van der Waals surface area contributed by atoms with E-state index in [0.717, 1.165) is 82.8 Å². The summed E-state index contributed by atoms with van der Waals surface area (Å²) in [6.07, 6.45) is 0.461. The van der Waals surface area contributed by atoms with Crippen molar-refractivity contribution < 1.29 is 73.3 Å². The topological polar surface area (TPSA) is 262 Å². The van der Waals surface area contributed by atoms with Gasteiger partial charge in [-0.05, 0) is 250 Å². The van der Waals surface area contributed by atoms with Gasteiger partial charge in [0.05, 0.1) is 27.7 Å². The third-order valence-electron chi connectivity index (χ3n) is 15.0. The van der Waals surface area contributed by atoms with Crippen LogP contribution in [0, 0.1) is 125 Å². The maximum atomic E-state index is 12.2. The molecule has 0 radical (unpaired) electrons. The molecular formula is C94H93BrCl2F7N7O9S. The number of benzene rings is 12. The molecule has 0 atom stereocenters. The summed E-state index contributed by atoms with van der Waals surface area (Å²) in [7, 11) is -4.02. The van der Waals surface area contributed by atoms with Gasteiger partial charge in [0.2, 0.25) is 5.82 Å². The molecule has 0 spiro atoms. The number of aromatic carboxylic acids is 2. The SMILES string of the molecule is Cc1ccc(-c2nn[nH]n2)cc1.Cc1ccc(Br)cc1.Cc1ccc(C#N)cc1.Cc1ccc(C(=O)O)cc1.Cc1ccc(Cl)cc1Cl.Cc1ccc(F)c(F)c1.Cc1ccc(F)cc1.Cc1ccc(O)cc1.Cc1ccc(OC(F)(F)F)cc1.Cc1ccc(S(=O)(=O)O)cc1.Cc1cccc(F)c1.Cc1ccccc1C(=O)O.Cc1cncnc1. The number of tetrazole rings is 1. The van der Waals surface area contributed by atoms with Crippen molar-refractivity contribution in [2.24, 2.45) is 0 Å². The standard InChI is InChI=1S/C8H7F3O.C8H8N4.C8H7N.2C8H8O2.C7H7Br.C7H6Cl2.C7H6F2.2C7H7F.C7H8O3S.C7H8O.C5H6N2/c1-6-2-4-7(5-3-6)12-8(9,10)11;1-6-2-4-7(5-3-6)8-9-11-12-10-8;1-7-2-4-8(6-9)5-3-7;1-6-2-4-7(5-3-6)8(9)10;1-6-4-2-3-5-7(6)8(9)10;1-6-2-4-7(8)5-3-6;1-5-2-3-6(8)4-7(5)9;1-5-2-3-6(8)7(9)4-5;1-6-2-4-7(8)5-3-6;1-6-3-2-4-7(8)5-6;1-6-2-4-7(5-3-6)11(8,9)10;1-6-2-4-7(8)5-3-6;1-5-2-6-4-7-3-5/h2-5H,1H3;2-5H,1H3,(H,9,10,11,12);2-5H,1H3;2*2-5H,1H3,(H,9,10);2-5H,1H3;2*2-4H,1H3;2*2-5H,1H3;2-5H,1H3,(H,8,9,10);2-5,8H,1H3;2-4H,1H3. The molecule has 0 amide bonds. The van der Waals surface area contributed by atoms with Gasteiger partial charge >= 0.3 is 18.3 Å². The van der Waals surface area contributed by atoms with Crippen LogP contribution in [0.15, 0.2) is 307 Å². The van der Waals surface area contributed by atoms with E-state index in [4.69, 9.17) is 48.3 Å². The molecule has 5 N–H and O–H groups in total. The molecule has 0 aliphatic rings. The van der Waals surface area contributed by atoms with E-state index in [-0.39, 0.29) is 22.3 Å². The highest BCUT2D eigenvalue weighted by atomic mass is 79.9. The number of alkyl halides is 3. The maximum absolute atomic E-state index is 12.2. The summed E-state index contributed by atoms with van der Waals surface area (Å²) in [5.74, 6) is -2.87. The van der Waals surface area contributed by atoms with Crippen LogP contribution in [-0.4, -0.2) is 77.2 Å². The fraction of sp³-hybridized carbons (Fsp3) is 0.149. The Labute approximate surface area is 720 Å². The number of phenolic OH excluding ortho intramolecular Hbond substituents is 1. The minimum Gasteiger partial charge on any atom is -0.508 e. The third kappa shape index (κ3) is 50.0. The first-order valence-corrected chi connectivity index (χ1v) is 39.2. The Morgan fingerprint density at radius 2 is 0.917 bits per heavy atom. The lowest BCUT2D eigenvalue weighted by atomic mass is 10.1. The van der Waals surface area contributed by atoms with E-state index < -0.39 is 40.1 Å². The maximum Gasteiger partial charge on any atom is 0.573 e. The number of nitrogens with zero attached hydrogens (tertiary/aromatic N) is 6. The molecule has 0 unspecified atom stereocenters. The van der Waals surface area contributed by atoms with Crippen LogP contribution >= 0.6 is 39.1 Å². The first-order valence-electron chi connectivity index (χ1n) is 36.2. The number of aromatic amines is 1. The Kier molecular flexibility index (Phi) is 48.9. The van der Waals surface area contributed by atoms with Crippen LogP contribution in [0.5, 0.6) is 11.5 Å². The summed E-state index contributed by atoms with van der Waals surface area (Å²) >= 11 is 14.7. The molecule has 0 saturated heterocycles. The van der Waals surface area contributed by atoms with Crippen LogP contribution < -0.4 is 4.74 Å². The molecule has 0 saturated carbocycles. The molecule has 0 fully saturated rings. The number of nitrogens with one attached hydrogen (secondary N) is 1. The van der Waals surface area contributed by atoms with Gasteiger partial charge in [0, 0.05) is 32.5 Å². The van der Waals surface area contributed by atoms with Gasteiger partial charge in [-0.1, -0.05) is 235 Å². The Hall–Kier alpha value is -12.7. The van der Waals surface area contributed by atoms with E-state index in [1.54, 1.807) is 136 Å². The van der Waals surface area contributed by atoms with Crippen molar-refractivity contribution in [1.29, 1.82) is 5.26 Å². The molecule has 16 nitrogen and oxygen atoms in total. The van der Waals surface area contributed by atoms with Gasteiger partial charge in [-0.2, -0.15) is 18.9 Å². The minimum absolute atomic E-state index is 0.0666. The van der Waals surface area contributed by atoms with Crippen molar-refractivity contribution in [1.82, 2.24) is 30.6 Å². The lowest BCUT2D eigenvalue weighted by Crippen LogP contribution is -2.16. The Morgan fingerprint density at radius 3 is 1.27 bits per heavy atom. The fourth-order valence-electron chi connectivity index (χ4n) is 8.33. The molecule has 0 bridgehead atoms. The summed E-state index contributed by atoms with van der Waals surface area (Å²) in [6.45, 7) is 24.8. The average molecular weight is 1780 g/mol. The summed E-state index contributed by atoms with van der Waals surface area (Å²) in [5.41, 5.74) is 16.0. The van der Waals surface area contributed by atoms with Gasteiger partial charge in [0.25, 0.3) is 10.1 Å². The molecule has 12 aromatic carbocycles. The molecule has 0 aliphatic carbocycles. The number of phenols is 1. The molecular weight excluding hydrogens is 1690 g/mol. The lowest BCUT2D eigenvalue weighted by molar-refractivity contribution is -0.274. The number of H-pyrrole nitrogens is 1. The molecule has 2 aromatic heterocycles. The van der Waals surface area contributed by atoms with E-state index in [1.807, 2.05) is 159 Å². The van der Waals surface area contributed by atoms with Crippen LogP contribution in [0.3, 0.4) is 0 Å². The second-order valence-corrected chi connectivity index (χ2v) is 29.2. The number of nitriles is 1. The normalized spacial score (nSPS) is 9.71. The van der Waals surface area contributed by atoms with E-state index in [2.05, 4.69) is 76.4 Å². The van der Waals surface area contributed by atoms with Crippen LogP contribution in [0.25, 0.3) is 11.4 Å². The number of carbonyl (C=O) groups is 2. The Balaban J connectivity index is 0.000000445. The number of rotatable bonds is 5. The molecule has 2 heterocycles. The minimum atomic E-state index is -4.60. The number of aryl methyl sites for hydroxylation is 13. The summed E-state index contributed by atoms with van der Waals surface area (Å²) in [6, 6.07) is 80.3. The quantitative estimate of drug-likeness (QED) is 0.0792. The predicted octanol–water partition coefficient (Wildman–Crippen LogP) is 25.7. The van der Waals surface area contributed by atoms with Crippen LogP contribution in [0.1, 0.15) is 98.6 Å². The zero-order valence-electron chi connectivity index (χ0n) is 68.5. The van der Waals surface area contributed by atoms with Gasteiger partial charge in [0.15, 0.2) is 11.6 Å². The van der Waals surface area contributed by atoms with E-state index in [1.165, 1.54) is 83.2 Å². The number of aromatic hydroxyl groups is 1. The van der Waals surface area contributed by atoms with Gasteiger partial charge in [-0.15, -0.1) is 23.4 Å². The number of carboxylic acid groups (broad SMARTS) is 2. The molecule has 27 heteroatoms. The molecule has 0 aliphatic heterocycles. The van der Waals surface area contributed by atoms with E-state index in [9.17, 15) is 48.7 Å². The second-order valence-electron chi connectivity index (χ2n) is 26.0. The van der Waals surface area contributed by atoms with Crippen LogP contribution in [0.2, 0.25) is 10.0 Å². The average Bonchev–Trinajstić information content (AvgIpc) is 1.78. The number of hydrogen-bond acceptors (Lipinski definition) is 12. The highest BCUT2D eigenvalue weighted by molar-refractivity contribution is 9.10. The van der Waals surface area contributed by atoms with Crippen molar-refractivity contribution in [3.05, 3.63) is 425 Å². The first kappa shape index (κ1) is 104. The second kappa shape index (κ2) is 56.6.